The van der Waals surface area contributed by atoms with E-state index >= 15 is 0 Å². The quantitative estimate of drug-likeness (QED) is 0.656. The summed E-state index contributed by atoms with van der Waals surface area (Å²) in [5.74, 6) is -1.14. The maximum atomic E-state index is 13.7. The molecule has 1 aliphatic rings. The third-order valence-corrected chi connectivity index (χ3v) is 5.26. The van der Waals surface area contributed by atoms with Gasteiger partial charge in [-0.2, -0.15) is 4.72 Å². The average Bonchev–Trinajstić information content (AvgIpc) is 2.43. The van der Waals surface area contributed by atoms with Crippen LogP contribution in [0.4, 0.5) is 4.39 Å². The van der Waals surface area contributed by atoms with E-state index in [9.17, 15) is 17.6 Å². The number of nitrogens with one attached hydrogen (secondary N) is 3. The van der Waals surface area contributed by atoms with Crippen LogP contribution in [0.1, 0.15) is 13.8 Å². The van der Waals surface area contributed by atoms with Crippen molar-refractivity contribution in [3.8, 4) is 0 Å². The first kappa shape index (κ1) is 20.8. The van der Waals surface area contributed by atoms with E-state index in [0.717, 1.165) is 19.2 Å². The van der Waals surface area contributed by atoms with Crippen molar-refractivity contribution in [1.82, 2.24) is 15.4 Å². The third kappa shape index (κ3) is 5.14. The van der Waals surface area contributed by atoms with Crippen LogP contribution in [0, 0.1) is 17.7 Å². The first-order valence-electron chi connectivity index (χ1n) is 7.56. The van der Waals surface area contributed by atoms with Crippen molar-refractivity contribution in [2.75, 3.05) is 19.6 Å². The van der Waals surface area contributed by atoms with Crippen LogP contribution in [-0.4, -0.2) is 40.0 Å². The number of rotatable bonds is 7. The van der Waals surface area contributed by atoms with Crippen LogP contribution in [-0.2, 0) is 14.8 Å². The molecule has 9 heteroatoms. The van der Waals surface area contributed by atoms with E-state index in [1.165, 1.54) is 18.2 Å². The van der Waals surface area contributed by atoms with Crippen molar-refractivity contribution in [2.24, 2.45) is 11.8 Å². The molecule has 3 N–H and O–H groups in total. The van der Waals surface area contributed by atoms with Crippen LogP contribution in [0.3, 0.4) is 0 Å². The Kier molecular flexibility index (Phi) is 7.59. The highest BCUT2D eigenvalue weighted by Gasteiger charge is 2.30. The molecule has 1 fully saturated rings. The van der Waals surface area contributed by atoms with Crippen LogP contribution < -0.4 is 15.4 Å². The van der Waals surface area contributed by atoms with Crippen molar-refractivity contribution < 1.29 is 17.6 Å². The smallest absolute Gasteiger partial charge is 0.244 e. The molecule has 1 atom stereocenters. The number of hydrogen-bond donors (Lipinski definition) is 3. The van der Waals surface area contributed by atoms with Gasteiger partial charge in [-0.3, -0.25) is 4.79 Å². The van der Waals surface area contributed by atoms with Gasteiger partial charge >= 0.3 is 0 Å². The molecule has 2 rings (SSSR count). The molecule has 6 nitrogen and oxygen atoms in total. The maximum Gasteiger partial charge on any atom is 0.244 e. The summed E-state index contributed by atoms with van der Waals surface area (Å²) in [6.45, 7) is 5.65. The van der Waals surface area contributed by atoms with Crippen molar-refractivity contribution in [1.29, 1.82) is 0 Å². The Morgan fingerprint density at radius 3 is 2.46 bits per heavy atom. The fraction of sp³-hybridized carbons (Fsp3) is 0.533. The lowest BCUT2D eigenvalue weighted by Crippen LogP contribution is -2.53. The van der Waals surface area contributed by atoms with Crippen LogP contribution in [0.15, 0.2) is 29.2 Å². The molecule has 0 spiro atoms. The Hall–Kier alpha value is -1.22. The largest absolute Gasteiger partial charge is 0.354 e. The minimum absolute atomic E-state index is 0. The van der Waals surface area contributed by atoms with Gasteiger partial charge in [-0.05, 0) is 18.1 Å². The van der Waals surface area contributed by atoms with Crippen LogP contribution in [0.5, 0.6) is 0 Å². The predicted octanol–water partition coefficient (Wildman–Crippen LogP) is 0.886. The minimum Gasteiger partial charge on any atom is -0.354 e. The van der Waals surface area contributed by atoms with Crippen LogP contribution in [0.25, 0.3) is 0 Å². The van der Waals surface area contributed by atoms with Crippen molar-refractivity contribution in [3.63, 3.8) is 0 Å². The number of benzene rings is 1. The average molecular weight is 380 g/mol. The number of sulfonamides is 1. The van der Waals surface area contributed by atoms with E-state index in [0.29, 0.717) is 12.5 Å². The van der Waals surface area contributed by atoms with E-state index in [-0.39, 0.29) is 18.3 Å². The molecular weight excluding hydrogens is 357 g/mol. The summed E-state index contributed by atoms with van der Waals surface area (Å²) in [6.07, 6.45) is 0. The summed E-state index contributed by atoms with van der Waals surface area (Å²) >= 11 is 0. The number of carbonyl (C=O) groups is 1. The van der Waals surface area contributed by atoms with Crippen molar-refractivity contribution >= 4 is 28.3 Å². The van der Waals surface area contributed by atoms with Gasteiger partial charge in [0.25, 0.3) is 0 Å². The van der Waals surface area contributed by atoms with Gasteiger partial charge in [0, 0.05) is 25.6 Å². The van der Waals surface area contributed by atoms with E-state index in [2.05, 4.69) is 15.4 Å². The lowest BCUT2D eigenvalue weighted by Gasteiger charge is -2.28. The van der Waals surface area contributed by atoms with Gasteiger partial charge in [0.1, 0.15) is 16.8 Å². The van der Waals surface area contributed by atoms with Crippen LogP contribution in [0.2, 0.25) is 0 Å². The summed E-state index contributed by atoms with van der Waals surface area (Å²) < 4.78 is 40.7. The molecule has 1 aromatic carbocycles. The van der Waals surface area contributed by atoms with E-state index in [4.69, 9.17) is 0 Å². The third-order valence-electron chi connectivity index (χ3n) is 3.79. The second-order valence-corrected chi connectivity index (χ2v) is 7.73. The highest BCUT2D eigenvalue weighted by Crippen LogP contribution is 2.15. The molecule has 1 heterocycles. The molecule has 1 aliphatic heterocycles. The zero-order chi connectivity index (χ0) is 17.0. The standard InChI is InChI=1S/C15H22FN3O3S.ClH/c1-10(2)14(15(20)18-9-11-7-17-8-11)19-23(21,22)13-6-4-3-5-12(13)16;/h3-6,10-11,14,17,19H,7-9H2,1-2H3,(H,18,20);1H. The molecule has 0 aliphatic carbocycles. The molecule has 0 radical (unpaired) electrons. The van der Waals surface area contributed by atoms with Gasteiger partial charge in [0.2, 0.25) is 15.9 Å². The SMILES string of the molecule is CC(C)C(NS(=O)(=O)c1ccccc1F)C(=O)NCC1CNC1.Cl. The van der Waals surface area contributed by atoms with Gasteiger partial charge in [-0.15, -0.1) is 12.4 Å². The molecule has 1 aromatic rings. The molecule has 1 unspecified atom stereocenters. The lowest BCUT2D eigenvalue weighted by molar-refractivity contribution is -0.123. The Morgan fingerprint density at radius 1 is 1.33 bits per heavy atom. The molecule has 136 valence electrons. The monoisotopic (exact) mass is 379 g/mol. The molecule has 1 saturated heterocycles. The molecule has 0 bridgehead atoms. The van der Waals surface area contributed by atoms with Gasteiger partial charge in [0.15, 0.2) is 0 Å². The summed E-state index contributed by atoms with van der Waals surface area (Å²) in [7, 11) is -4.11. The Balaban J connectivity index is 0.00000288. The van der Waals surface area contributed by atoms with E-state index in [1.54, 1.807) is 13.8 Å². The van der Waals surface area contributed by atoms with E-state index in [1.807, 2.05) is 0 Å². The molecule has 1 amide bonds. The normalized spacial score (nSPS) is 16.2. The van der Waals surface area contributed by atoms with Crippen LogP contribution >= 0.6 is 12.4 Å². The molecule has 0 saturated carbocycles. The van der Waals surface area contributed by atoms with Crippen molar-refractivity contribution in [2.45, 2.75) is 24.8 Å². The highest BCUT2D eigenvalue weighted by atomic mass is 35.5. The van der Waals surface area contributed by atoms with Gasteiger partial charge in [-0.1, -0.05) is 26.0 Å². The summed E-state index contributed by atoms with van der Waals surface area (Å²) in [5.41, 5.74) is 0. The number of halogens is 2. The van der Waals surface area contributed by atoms with Gasteiger partial charge < -0.3 is 10.6 Å². The number of hydrogen-bond acceptors (Lipinski definition) is 4. The zero-order valence-electron chi connectivity index (χ0n) is 13.6. The first-order valence-corrected chi connectivity index (χ1v) is 9.05. The number of amides is 1. The topological polar surface area (TPSA) is 87.3 Å². The first-order chi connectivity index (χ1) is 10.8. The van der Waals surface area contributed by atoms with E-state index < -0.39 is 32.7 Å². The second kappa shape index (κ2) is 8.75. The summed E-state index contributed by atoms with van der Waals surface area (Å²) in [5, 5.41) is 5.85. The fourth-order valence-corrected chi connectivity index (χ4v) is 3.66. The number of carbonyl (C=O) groups excluding carboxylic acids is 1. The Morgan fingerprint density at radius 2 is 1.96 bits per heavy atom. The molecular formula is C15H23ClFN3O3S. The summed E-state index contributed by atoms with van der Waals surface area (Å²) in [4.78, 5) is 11.8. The van der Waals surface area contributed by atoms with Gasteiger partial charge in [0.05, 0.1) is 0 Å². The zero-order valence-corrected chi connectivity index (χ0v) is 15.2. The summed E-state index contributed by atoms with van der Waals surface area (Å²) in [6, 6.07) is 4.14. The fourth-order valence-electron chi connectivity index (χ4n) is 2.23. The Bertz CT molecular complexity index is 666. The van der Waals surface area contributed by atoms with Crippen molar-refractivity contribution in [3.05, 3.63) is 30.1 Å². The molecule has 24 heavy (non-hydrogen) atoms. The minimum atomic E-state index is -4.11. The Labute approximate surface area is 148 Å². The lowest BCUT2D eigenvalue weighted by atomic mass is 10.0. The highest BCUT2D eigenvalue weighted by molar-refractivity contribution is 7.89. The van der Waals surface area contributed by atoms with Gasteiger partial charge in [-0.25, -0.2) is 12.8 Å². The molecule has 0 aromatic heterocycles. The maximum absolute atomic E-state index is 13.7. The predicted molar refractivity (Wildman–Crippen MR) is 92.0 cm³/mol. The second-order valence-electron chi connectivity index (χ2n) is 6.04.